The van der Waals surface area contributed by atoms with Crippen LogP contribution in [0.2, 0.25) is 0 Å². The van der Waals surface area contributed by atoms with Crippen molar-refractivity contribution in [3.63, 3.8) is 0 Å². The summed E-state index contributed by atoms with van der Waals surface area (Å²) in [5.41, 5.74) is 0. The van der Waals surface area contributed by atoms with Gasteiger partial charge in [0.2, 0.25) is 6.17 Å². The fraction of sp³-hybridized carbons (Fsp3) is 0.833. The van der Waals surface area contributed by atoms with Gasteiger partial charge in [0, 0.05) is 6.42 Å². The molecule has 0 amide bonds. The van der Waals surface area contributed by atoms with Crippen molar-refractivity contribution < 1.29 is 13.9 Å². The molecule has 0 bridgehead atoms. The largest absolute Gasteiger partial charge is 0.460 e. The first-order valence-corrected chi connectivity index (χ1v) is 3.08. The molecule has 9 heavy (non-hydrogen) atoms. The molecule has 1 aliphatic rings. The highest BCUT2D eigenvalue weighted by Gasteiger charge is 2.32. The van der Waals surface area contributed by atoms with Crippen molar-refractivity contribution in [1.29, 1.82) is 0 Å². The molecule has 0 saturated carbocycles. The maximum atomic E-state index is 12.3. The van der Waals surface area contributed by atoms with E-state index in [0.29, 0.717) is 6.42 Å². The van der Waals surface area contributed by atoms with Gasteiger partial charge in [-0.1, -0.05) is 6.92 Å². The number of carbonyl (C=O) groups excluding carboxylic acids is 1. The lowest BCUT2D eigenvalue weighted by Crippen LogP contribution is -2.06. The predicted octanol–water partition coefficient (Wildman–Crippen LogP) is 1.05. The third-order valence-corrected chi connectivity index (χ3v) is 1.46. The first kappa shape index (κ1) is 6.52. The summed E-state index contributed by atoms with van der Waals surface area (Å²) >= 11 is 0. The number of ether oxygens (including phenoxy) is 1. The summed E-state index contributed by atoms with van der Waals surface area (Å²) in [5.74, 6) is -0.693. The van der Waals surface area contributed by atoms with Gasteiger partial charge in [0.15, 0.2) is 0 Å². The normalized spacial score (nSPS) is 34.7. The lowest BCUT2D eigenvalue weighted by Gasteiger charge is -2.01. The maximum Gasteiger partial charge on any atom is 0.341 e. The van der Waals surface area contributed by atoms with E-state index in [2.05, 4.69) is 4.74 Å². The molecule has 0 radical (unpaired) electrons. The average molecular weight is 132 g/mol. The number of hydrogen-bond donors (Lipinski definition) is 0. The van der Waals surface area contributed by atoms with Gasteiger partial charge in [-0.2, -0.15) is 0 Å². The zero-order chi connectivity index (χ0) is 6.85. The van der Waals surface area contributed by atoms with E-state index in [-0.39, 0.29) is 12.5 Å². The van der Waals surface area contributed by atoms with Crippen molar-refractivity contribution in [1.82, 2.24) is 0 Å². The van der Waals surface area contributed by atoms with Gasteiger partial charge in [0.1, 0.15) is 6.10 Å². The van der Waals surface area contributed by atoms with Crippen molar-refractivity contribution in [2.75, 3.05) is 0 Å². The summed E-state index contributed by atoms with van der Waals surface area (Å²) in [5, 5.41) is 0. The second-order valence-corrected chi connectivity index (χ2v) is 2.17. The summed E-state index contributed by atoms with van der Waals surface area (Å²) in [7, 11) is 0. The number of cyclic esters (lactones) is 1. The highest BCUT2D eigenvalue weighted by molar-refractivity contribution is 5.76. The zero-order valence-corrected chi connectivity index (χ0v) is 5.26. The van der Waals surface area contributed by atoms with Crippen LogP contribution in [-0.4, -0.2) is 18.2 Å². The average Bonchev–Trinajstić information content (AvgIpc) is 2.13. The fourth-order valence-corrected chi connectivity index (χ4v) is 0.863. The molecule has 1 saturated heterocycles. The summed E-state index contributed by atoms with van der Waals surface area (Å²) in [4.78, 5) is 10.3. The van der Waals surface area contributed by atoms with Gasteiger partial charge in [0.05, 0.1) is 0 Å². The first-order valence-electron chi connectivity index (χ1n) is 3.08. The van der Waals surface area contributed by atoms with E-state index in [1.807, 2.05) is 6.92 Å². The highest BCUT2D eigenvalue weighted by atomic mass is 19.1. The molecular weight excluding hydrogens is 123 g/mol. The van der Waals surface area contributed by atoms with Crippen molar-refractivity contribution >= 4 is 5.97 Å². The molecule has 1 unspecified atom stereocenters. The summed E-state index contributed by atoms with van der Waals surface area (Å²) < 4.78 is 16.9. The summed E-state index contributed by atoms with van der Waals surface area (Å²) in [6.45, 7) is 1.87. The van der Waals surface area contributed by atoms with E-state index in [9.17, 15) is 9.18 Å². The van der Waals surface area contributed by atoms with Crippen molar-refractivity contribution in [2.24, 2.45) is 0 Å². The van der Waals surface area contributed by atoms with Crippen molar-refractivity contribution in [3.05, 3.63) is 0 Å². The third-order valence-electron chi connectivity index (χ3n) is 1.46. The van der Waals surface area contributed by atoms with Crippen LogP contribution in [0.1, 0.15) is 19.8 Å². The Kier molecular flexibility index (Phi) is 1.69. The van der Waals surface area contributed by atoms with E-state index >= 15 is 0 Å². The molecule has 1 aliphatic heterocycles. The molecule has 52 valence electrons. The molecule has 0 aromatic heterocycles. The van der Waals surface area contributed by atoms with Gasteiger partial charge in [0.25, 0.3) is 0 Å². The van der Waals surface area contributed by atoms with Crippen LogP contribution in [0.5, 0.6) is 0 Å². The third kappa shape index (κ3) is 1.20. The van der Waals surface area contributed by atoms with Crippen molar-refractivity contribution in [3.8, 4) is 0 Å². The van der Waals surface area contributed by atoms with Crippen LogP contribution in [0, 0.1) is 0 Å². The molecule has 1 fully saturated rings. The molecule has 1 heterocycles. The SMILES string of the molecule is CC[C@H]1CC(F)C(=O)O1. The molecule has 0 aromatic carbocycles. The Morgan fingerprint density at radius 3 is 2.78 bits per heavy atom. The van der Waals surface area contributed by atoms with E-state index in [0.717, 1.165) is 0 Å². The Bertz CT molecular complexity index is 124. The molecule has 0 aromatic rings. The van der Waals surface area contributed by atoms with Crippen LogP contribution in [0.25, 0.3) is 0 Å². The Morgan fingerprint density at radius 1 is 1.89 bits per heavy atom. The van der Waals surface area contributed by atoms with Gasteiger partial charge in [-0.15, -0.1) is 0 Å². The Balaban J connectivity index is 2.44. The number of rotatable bonds is 1. The zero-order valence-electron chi connectivity index (χ0n) is 5.26. The summed E-state index contributed by atoms with van der Waals surface area (Å²) in [6.07, 6.45) is -0.580. The summed E-state index contributed by atoms with van der Waals surface area (Å²) in [6, 6.07) is 0. The molecule has 1 rings (SSSR count). The van der Waals surface area contributed by atoms with E-state index in [1.54, 1.807) is 0 Å². The number of alkyl halides is 1. The second kappa shape index (κ2) is 2.33. The van der Waals surface area contributed by atoms with Crippen LogP contribution >= 0.6 is 0 Å². The lowest BCUT2D eigenvalue weighted by atomic mass is 10.2. The minimum Gasteiger partial charge on any atom is -0.460 e. The molecule has 0 spiro atoms. The lowest BCUT2D eigenvalue weighted by molar-refractivity contribution is -0.145. The number of carbonyl (C=O) groups is 1. The molecule has 3 heteroatoms. The number of esters is 1. The van der Waals surface area contributed by atoms with Crippen LogP contribution in [0.15, 0.2) is 0 Å². The second-order valence-electron chi connectivity index (χ2n) is 2.17. The van der Waals surface area contributed by atoms with E-state index < -0.39 is 12.1 Å². The number of hydrogen-bond acceptors (Lipinski definition) is 2. The van der Waals surface area contributed by atoms with Crippen LogP contribution in [0.3, 0.4) is 0 Å². The molecule has 0 aliphatic carbocycles. The van der Waals surface area contributed by atoms with Gasteiger partial charge < -0.3 is 4.74 Å². The quantitative estimate of drug-likeness (QED) is 0.498. The molecule has 0 N–H and O–H groups in total. The molecular formula is C6H9FO2. The Morgan fingerprint density at radius 2 is 2.56 bits per heavy atom. The minimum absolute atomic E-state index is 0.174. The van der Waals surface area contributed by atoms with Gasteiger partial charge >= 0.3 is 5.97 Å². The molecule has 2 nitrogen and oxygen atoms in total. The monoisotopic (exact) mass is 132 g/mol. The van der Waals surface area contributed by atoms with Gasteiger partial charge in [-0.25, -0.2) is 9.18 Å². The highest BCUT2D eigenvalue weighted by Crippen LogP contribution is 2.19. The minimum atomic E-state index is -1.37. The first-order chi connectivity index (χ1) is 4.24. The topological polar surface area (TPSA) is 26.3 Å². The molecule has 2 atom stereocenters. The predicted molar refractivity (Wildman–Crippen MR) is 29.7 cm³/mol. The van der Waals surface area contributed by atoms with Gasteiger partial charge in [-0.05, 0) is 6.42 Å². The smallest absolute Gasteiger partial charge is 0.341 e. The number of halogens is 1. The maximum absolute atomic E-state index is 12.3. The standard InChI is InChI=1S/C6H9FO2/c1-2-4-3-5(7)6(8)9-4/h4-5H,2-3H2,1H3/t4-,5?/m0/s1. The van der Waals surface area contributed by atoms with E-state index in [4.69, 9.17) is 0 Å². The van der Waals surface area contributed by atoms with Crippen LogP contribution in [-0.2, 0) is 9.53 Å². The van der Waals surface area contributed by atoms with Crippen LogP contribution < -0.4 is 0 Å². The van der Waals surface area contributed by atoms with E-state index in [1.165, 1.54) is 0 Å². The van der Waals surface area contributed by atoms with Crippen molar-refractivity contribution in [2.45, 2.75) is 32.0 Å². The Labute approximate surface area is 53.0 Å². The van der Waals surface area contributed by atoms with Crippen LogP contribution in [0.4, 0.5) is 4.39 Å². The fourth-order valence-electron chi connectivity index (χ4n) is 0.863. The van der Waals surface area contributed by atoms with Gasteiger partial charge in [-0.3, -0.25) is 0 Å². The Hall–Kier alpha value is -0.600.